The van der Waals surface area contributed by atoms with E-state index in [1.807, 2.05) is 0 Å². The summed E-state index contributed by atoms with van der Waals surface area (Å²) in [5, 5.41) is 3.43. The molecule has 104 valence electrons. The van der Waals surface area contributed by atoms with Gasteiger partial charge in [0.05, 0.1) is 0 Å². The minimum absolute atomic E-state index is 0.189. The van der Waals surface area contributed by atoms with E-state index >= 15 is 0 Å². The smallest absolute Gasteiger partial charge is 0.279 e. The highest BCUT2D eigenvalue weighted by molar-refractivity contribution is 7.87. The minimum Gasteiger partial charge on any atom is -0.316 e. The van der Waals surface area contributed by atoms with Crippen molar-refractivity contribution in [2.24, 2.45) is 5.41 Å². The van der Waals surface area contributed by atoms with E-state index in [9.17, 15) is 8.42 Å². The molecule has 2 aliphatic heterocycles. The molecule has 1 unspecified atom stereocenters. The van der Waals surface area contributed by atoms with Crippen molar-refractivity contribution >= 4 is 10.2 Å². The summed E-state index contributed by atoms with van der Waals surface area (Å²) in [4.78, 5) is 0. The molecule has 3 fully saturated rings. The van der Waals surface area contributed by atoms with Crippen molar-refractivity contribution in [2.45, 2.75) is 44.6 Å². The molecule has 0 aromatic heterocycles. The number of nitrogens with one attached hydrogen (secondary N) is 2. The van der Waals surface area contributed by atoms with Crippen LogP contribution in [0.2, 0.25) is 0 Å². The summed E-state index contributed by atoms with van der Waals surface area (Å²) < 4.78 is 29.0. The Hall–Kier alpha value is -0.170. The molecule has 5 nitrogen and oxygen atoms in total. The molecule has 0 aromatic carbocycles. The molecule has 0 amide bonds. The second-order valence-corrected chi connectivity index (χ2v) is 7.82. The quantitative estimate of drug-likeness (QED) is 0.785. The maximum absolute atomic E-state index is 12.3. The van der Waals surface area contributed by atoms with Gasteiger partial charge >= 0.3 is 0 Å². The molecule has 1 spiro atoms. The first-order chi connectivity index (χ1) is 8.60. The van der Waals surface area contributed by atoms with Crippen LogP contribution in [-0.2, 0) is 10.2 Å². The largest absolute Gasteiger partial charge is 0.316 e. The summed E-state index contributed by atoms with van der Waals surface area (Å²) in [6.45, 7) is 3.43. The normalized spacial score (nSPS) is 34.9. The topological polar surface area (TPSA) is 61.4 Å². The molecule has 3 aliphatic rings. The van der Waals surface area contributed by atoms with Crippen LogP contribution in [0.4, 0.5) is 0 Å². The first kappa shape index (κ1) is 12.8. The van der Waals surface area contributed by atoms with Crippen LogP contribution < -0.4 is 10.0 Å². The first-order valence-corrected chi connectivity index (χ1v) is 8.52. The molecule has 1 aliphatic carbocycles. The Morgan fingerprint density at radius 1 is 1.22 bits per heavy atom. The fourth-order valence-electron chi connectivity index (χ4n) is 3.23. The van der Waals surface area contributed by atoms with Gasteiger partial charge in [-0.2, -0.15) is 17.4 Å². The highest BCUT2D eigenvalue weighted by atomic mass is 32.2. The molecular weight excluding hydrogens is 250 g/mol. The van der Waals surface area contributed by atoms with E-state index in [4.69, 9.17) is 0 Å². The summed E-state index contributed by atoms with van der Waals surface area (Å²) in [6, 6.07) is 0.206. The predicted octanol–water partition coefficient (Wildman–Crippen LogP) is 0.449. The van der Waals surface area contributed by atoms with E-state index in [1.165, 1.54) is 6.42 Å². The van der Waals surface area contributed by atoms with Crippen molar-refractivity contribution in [3.8, 4) is 0 Å². The zero-order valence-corrected chi connectivity index (χ0v) is 11.6. The second-order valence-electron chi connectivity index (χ2n) is 6.11. The SMILES string of the molecule is O=S(=O)(NC1CC1)N1CCCC2(CCCNC2)C1. The third-order valence-corrected chi connectivity index (χ3v) is 6.04. The van der Waals surface area contributed by atoms with Gasteiger partial charge in [-0.1, -0.05) is 0 Å². The Labute approximate surface area is 109 Å². The van der Waals surface area contributed by atoms with E-state index in [0.29, 0.717) is 13.1 Å². The lowest BCUT2D eigenvalue weighted by Gasteiger charge is -2.44. The van der Waals surface area contributed by atoms with Gasteiger partial charge in [-0.25, -0.2) is 0 Å². The van der Waals surface area contributed by atoms with Crippen molar-refractivity contribution in [1.82, 2.24) is 14.3 Å². The Kier molecular flexibility index (Phi) is 3.38. The van der Waals surface area contributed by atoms with Crippen molar-refractivity contribution < 1.29 is 8.42 Å². The van der Waals surface area contributed by atoms with Crippen molar-refractivity contribution in [1.29, 1.82) is 0 Å². The molecule has 6 heteroatoms. The van der Waals surface area contributed by atoms with Crippen molar-refractivity contribution in [3.05, 3.63) is 0 Å². The summed E-state index contributed by atoms with van der Waals surface area (Å²) in [5.41, 5.74) is 0.189. The molecule has 1 saturated carbocycles. The molecule has 2 saturated heterocycles. The molecule has 1 atom stereocenters. The molecular formula is C12H23N3O2S. The Morgan fingerprint density at radius 3 is 2.67 bits per heavy atom. The predicted molar refractivity (Wildman–Crippen MR) is 70.4 cm³/mol. The zero-order valence-electron chi connectivity index (χ0n) is 10.8. The van der Waals surface area contributed by atoms with Crippen LogP contribution in [-0.4, -0.2) is 44.9 Å². The van der Waals surface area contributed by atoms with Gasteiger partial charge in [0.1, 0.15) is 0 Å². The van der Waals surface area contributed by atoms with Gasteiger partial charge in [0, 0.05) is 25.7 Å². The molecule has 0 radical (unpaired) electrons. The van der Waals surface area contributed by atoms with Gasteiger partial charge in [-0.15, -0.1) is 0 Å². The maximum atomic E-state index is 12.3. The fourth-order valence-corrected chi connectivity index (χ4v) is 4.85. The molecule has 0 bridgehead atoms. The van der Waals surface area contributed by atoms with Gasteiger partial charge in [0.15, 0.2) is 0 Å². The van der Waals surface area contributed by atoms with Crippen LogP contribution in [0.1, 0.15) is 38.5 Å². The summed E-state index contributed by atoms with van der Waals surface area (Å²) in [7, 11) is -3.24. The third-order valence-electron chi connectivity index (χ3n) is 4.42. The Morgan fingerprint density at radius 2 is 2.00 bits per heavy atom. The molecule has 18 heavy (non-hydrogen) atoms. The molecule has 3 rings (SSSR count). The van der Waals surface area contributed by atoms with Crippen molar-refractivity contribution in [3.63, 3.8) is 0 Å². The van der Waals surface area contributed by atoms with E-state index in [2.05, 4.69) is 10.0 Å². The third kappa shape index (κ3) is 2.71. The number of nitrogens with zero attached hydrogens (tertiary/aromatic N) is 1. The minimum atomic E-state index is -3.24. The van der Waals surface area contributed by atoms with E-state index in [1.54, 1.807) is 4.31 Å². The second kappa shape index (κ2) is 4.74. The van der Waals surface area contributed by atoms with Crippen LogP contribution in [0.15, 0.2) is 0 Å². The zero-order chi connectivity index (χ0) is 12.6. The Bertz CT molecular complexity index is 394. The number of hydrogen-bond acceptors (Lipinski definition) is 3. The van der Waals surface area contributed by atoms with Crippen LogP contribution >= 0.6 is 0 Å². The number of piperidine rings is 2. The standard InChI is InChI=1S/C12H23N3O2S/c16-18(17,14-11-3-4-11)15-8-2-6-12(10-15)5-1-7-13-9-12/h11,13-14H,1-10H2. The monoisotopic (exact) mass is 273 g/mol. The van der Waals surface area contributed by atoms with Gasteiger partial charge in [-0.3, -0.25) is 0 Å². The first-order valence-electron chi connectivity index (χ1n) is 7.08. The van der Waals surface area contributed by atoms with E-state index in [-0.39, 0.29) is 11.5 Å². The van der Waals surface area contributed by atoms with Crippen LogP contribution in [0.3, 0.4) is 0 Å². The fraction of sp³-hybridized carbons (Fsp3) is 1.00. The van der Waals surface area contributed by atoms with E-state index in [0.717, 1.165) is 45.2 Å². The lowest BCUT2D eigenvalue weighted by molar-refractivity contribution is 0.109. The summed E-state index contributed by atoms with van der Waals surface area (Å²) in [5.74, 6) is 0. The summed E-state index contributed by atoms with van der Waals surface area (Å²) >= 11 is 0. The van der Waals surface area contributed by atoms with Crippen LogP contribution in [0, 0.1) is 5.41 Å². The van der Waals surface area contributed by atoms with Crippen molar-refractivity contribution in [2.75, 3.05) is 26.2 Å². The number of rotatable bonds is 3. The van der Waals surface area contributed by atoms with Gasteiger partial charge in [0.2, 0.25) is 0 Å². The maximum Gasteiger partial charge on any atom is 0.279 e. The average Bonchev–Trinajstić information content (AvgIpc) is 3.13. The van der Waals surface area contributed by atoms with E-state index < -0.39 is 10.2 Å². The lowest BCUT2D eigenvalue weighted by Crippen LogP contribution is -2.54. The van der Waals surface area contributed by atoms with Gasteiger partial charge in [-0.05, 0) is 50.5 Å². The van der Waals surface area contributed by atoms with Gasteiger partial charge in [0.25, 0.3) is 10.2 Å². The van der Waals surface area contributed by atoms with Crippen LogP contribution in [0.25, 0.3) is 0 Å². The molecule has 2 N–H and O–H groups in total. The highest BCUT2D eigenvalue weighted by Crippen LogP contribution is 2.36. The summed E-state index contributed by atoms with van der Waals surface area (Å²) in [6.07, 6.45) is 6.49. The van der Waals surface area contributed by atoms with Gasteiger partial charge < -0.3 is 5.32 Å². The Balaban J connectivity index is 1.68. The average molecular weight is 273 g/mol. The molecule has 2 heterocycles. The number of hydrogen-bond donors (Lipinski definition) is 2. The van der Waals surface area contributed by atoms with Crippen LogP contribution in [0.5, 0.6) is 0 Å². The highest BCUT2D eigenvalue weighted by Gasteiger charge is 2.41. The molecule has 0 aromatic rings. The lowest BCUT2D eigenvalue weighted by atomic mass is 9.75.